The van der Waals surface area contributed by atoms with E-state index in [1.54, 1.807) is 30.3 Å². The third-order valence-corrected chi connectivity index (χ3v) is 8.27. The highest BCUT2D eigenvalue weighted by Crippen LogP contribution is 2.48. The lowest BCUT2D eigenvalue weighted by molar-refractivity contribution is -0.0824. The summed E-state index contributed by atoms with van der Waals surface area (Å²) >= 11 is 0. The van der Waals surface area contributed by atoms with Gasteiger partial charge in [0.1, 0.15) is 18.5 Å². The highest BCUT2D eigenvalue weighted by molar-refractivity contribution is 5.62. The van der Waals surface area contributed by atoms with E-state index in [0.29, 0.717) is 48.3 Å². The number of hydrogen-bond donors (Lipinski definition) is 0. The molecule has 0 fully saturated rings. The maximum Gasteiger partial charge on any atom is 0.280 e. The molecular weight excluding hydrogens is 514 g/mol. The zero-order valence-electron chi connectivity index (χ0n) is 24.6. The Hall–Kier alpha value is -2.11. The summed E-state index contributed by atoms with van der Waals surface area (Å²) < 4.78 is 65.6. The van der Waals surface area contributed by atoms with Crippen LogP contribution in [0.5, 0.6) is 5.75 Å². The molecule has 1 heterocycles. The standard InChI is InChI=1S/C34H49F4NO/c1-3-5-7-9-11-12-14-16-28-21-18-27-24-31(39-33(36)32(27)34(28,37)38)26-19-22-30(23-20-26)40-25-29(35)17-15-13-10-8-6-4-2/h19-20,22-24,28-29H,3-18,21,25H2,1-2H3. The van der Waals surface area contributed by atoms with Crippen LogP contribution in [0.4, 0.5) is 17.6 Å². The molecule has 0 saturated carbocycles. The molecule has 0 radical (unpaired) electrons. The van der Waals surface area contributed by atoms with E-state index >= 15 is 13.2 Å². The second-order valence-corrected chi connectivity index (χ2v) is 11.6. The van der Waals surface area contributed by atoms with Gasteiger partial charge in [-0.3, -0.25) is 0 Å². The summed E-state index contributed by atoms with van der Waals surface area (Å²) in [7, 11) is 0. The first-order valence-electron chi connectivity index (χ1n) is 15.8. The number of halogens is 4. The van der Waals surface area contributed by atoms with Crippen LogP contribution in [0, 0.1) is 11.9 Å². The topological polar surface area (TPSA) is 22.1 Å². The SMILES string of the molecule is CCCCCCCCCC1CCc2cc(-c3ccc(OCC(F)CCCCCCCC)cc3)nc(F)c2C1(F)F. The molecule has 0 amide bonds. The minimum atomic E-state index is -3.21. The molecule has 1 aliphatic rings. The monoisotopic (exact) mass is 563 g/mol. The molecule has 0 bridgehead atoms. The van der Waals surface area contributed by atoms with Gasteiger partial charge in [-0.2, -0.15) is 4.39 Å². The number of rotatable bonds is 19. The lowest BCUT2D eigenvalue weighted by Crippen LogP contribution is -2.33. The summed E-state index contributed by atoms with van der Waals surface area (Å²) in [5.74, 6) is -4.60. The average Bonchev–Trinajstić information content (AvgIpc) is 2.94. The molecule has 2 nitrogen and oxygen atoms in total. The van der Waals surface area contributed by atoms with E-state index < -0.39 is 29.5 Å². The minimum absolute atomic E-state index is 0.00482. The molecule has 0 aliphatic heterocycles. The molecule has 0 saturated heterocycles. The van der Waals surface area contributed by atoms with E-state index in [2.05, 4.69) is 18.8 Å². The maximum atomic E-state index is 15.4. The molecule has 2 atom stereocenters. The van der Waals surface area contributed by atoms with Crippen LogP contribution in [0.25, 0.3) is 11.3 Å². The molecule has 1 aliphatic carbocycles. The third-order valence-electron chi connectivity index (χ3n) is 8.27. The molecule has 0 spiro atoms. The van der Waals surface area contributed by atoms with Gasteiger partial charge in [-0.05, 0) is 61.6 Å². The highest BCUT2D eigenvalue weighted by Gasteiger charge is 2.47. The predicted octanol–water partition coefficient (Wildman–Crippen LogP) is 11.2. The Bertz CT molecular complexity index is 994. The molecule has 40 heavy (non-hydrogen) atoms. The number of alkyl halides is 3. The Morgan fingerprint density at radius 3 is 2.12 bits per heavy atom. The molecule has 224 valence electrons. The number of pyridine rings is 1. The summed E-state index contributed by atoms with van der Waals surface area (Å²) in [6.45, 7) is 4.35. The van der Waals surface area contributed by atoms with Crippen molar-refractivity contribution in [1.82, 2.24) is 4.98 Å². The van der Waals surface area contributed by atoms with Gasteiger partial charge in [-0.1, -0.05) is 97.3 Å². The van der Waals surface area contributed by atoms with E-state index in [1.165, 1.54) is 38.5 Å². The second-order valence-electron chi connectivity index (χ2n) is 11.6. The van der Waals surface area contributed by atoms with E-state index in [9.17, 15) is 4.39 Å². The van der Waals surface area contributed by atoms with Gasteiger partial charge in [0.2, 0.25) is 5.95 Å². The van der Waals surface area contributed by atoms with Crippen LogP contribution in [0.15, 0.2) is 30.3 Å². The first-order chi connectivity index (χ1) is 19.4. The van der Waals surface area contributed by atoms with Gasteiger partial charge in [0.05, 0.1) is 11.3 Å². The van der Waals surface area contributed by atoms with Crippen LogP contribution in [0.1, 0.15) is 128 Å². The largest absolute Gasteiger partial charge is 0.491 e. The number of ether oxygens (including phenoxy) is 1. The van der Waals surface area contributed by atoms with E-state index in [0.717, 1.165) is 44.9 Å². The third kappa shape index (κ3) is 9.76. The number of benzene rings is 1. The zero-order valence-corrected chi connectivity index (χ0v) is 24.6. The fraction of sp³-hybridized carbons (Fsp3) is 0.676. The van der Waals surface area contributed by atoms with Crippen molar-refractivity contribution in [3.05, 3.63) is 47.4 Å². The van der Waals surface area contributed by atoms with Crippen molar-refractivity contribution in [2.75, 3.05) is 6.61 Å². The Morgan fingerprint density at radius 2 is 1.48 bits per heavy atom. The number of aryl methyl sites for hydroxylation is 1. The number of aromatic nitrogens is 1. The van der Waals surface area contributed by atoms with Gasteiger partial charge in [0.25, 0.3) is 5.92 Å². The number of unbranched alkanes of at least 4 members (excludes halogenated alkanes) is 11. The number of hydrogen-bond acceptors (Lipinski definition) is 2. The van der Waals surface area contributed by atoms with Gasteiger partial charge in [-0.25, -0.2) is 18.2 Å². The van der Waals surface area contributed by atoms with Crippen molar-refractivity contribution in [2.45, 2.75) is 135 Å². The molecule has 6 heteroatoms. The molecule has 0 N–H and O–H groups in total. The van der Waals surface area contributed by atoms with Crippen molar-refractivity contribution in [2.24, 2.45) is 5.92 Å². The van der Waals surface area contributed by atoms with E-state index in [1.807, 2.05) is 0 Å². The van der Waals surface area contributed by atoms with E-state index in [4.69, 9.17) is 4.74 Å². The summed E-state index contributed by atoms with van der Waals surface area (Å²) in [6, 6.07) is 8.42. The van der Waals surface area contributed by atoms with Gasteiger partial charge in [0, 0.05) is 11.5 Å². The Balaban J connectivity index is 1.51. The second kappa shape index (κ2) is 17.0. The Labute approximate surface area is 239 Å². The van der Waals surface area contributed by atoms with Crippen molar-refractivity contribution >= 4 is 0 Å². The number of nitrogens with zero attached hydrogens (tertiary/aromatic N) is 1. The van der Waals surface area contributed by atoms with Crippen molar-refractivity contribution in [3.63, 3.8) is 0 Å². The lowest BCUT2D eigenvalue weighted by atomic mass is 9.78. The lowest BCUT2D eigenvalue weighted by Gasteiger charge is -2.33. The van der Waals surface area contributed by atoms with Gasteiger partial charge in [-0.15, -0.1) is 0 Å². The first-order valence-corrected chi connectivity index (χ1v) is 15.8. The summed E-state index contributed by atoms with van der Waals surface area (Å²) in [5.41, 5.74) is 0.773. The van der Waals surface area contributed by atoms with Crippen molar-refractivity contribution < 1.29 is 22.3 Å². The Morgan fingerprint density at radius 1 is 0.875 bits per heavy atom. The fourth-order valence-corrected chi connectivity index (χ4v) is 5.79. The maximum absolute atomic E-state index is 15.4. The molecule has 3 rings (SSSR count). The molecule has 2 unspecified atom stereocenters. The van der Waals surface area contributed by atoms with Gasteiger partial charge in [0.15, 0.2) is 0 Å². The molecule has 1 aromatic carbocycles. The summed E-state index contributed by atoms with van der Waals surface area (Å²) in [6.07, 6.45) is 14.9. The van der Waals surface area contributed by atoms with Crippen LogP contribution in [0.3, 0.4) is 0 Å². The van der Waals surface area contributed by atoms with Gasteiger partial charge < -0.3 is 4.74 Å². The van der Waals surface area contributed by atoms with Crippen LogP contribution in [0.2, 0.25) is 0 Å². The average molecular weight is 564 g/mol. The predicted molar refractivity (Wildman–Crippen MR) is 156 cm³/mol. The summed E-state index contributed by atoms with van der Waals surface area (Å²) in [4.78, 5) is 3.94. The normalized spacial score (nSPS) is 17.0. The molecular formula is C34H49F4NO. The zero-order chi connectivity index (χ0) is 28.8. The van der Waals surface area contributed by atoms with Crippen molar-refractivity contribution in [3.8, 4) is 17.0 Å². The number of fused-ring (bicyclic) bond motifs is 1. The van der Waals surface area contributed by atoms with Crippen LogP contribution < -0.4 is 4.74 Å². The quantitative estimate of drug-likeness (QED) is 0.0963. The van der Waals surface area contributed by atoms with Crippen LogP contribution in [-0.4, -0.2) is 17.8 Å². The first kappa shape index (κ1) is 32.4. The Kier molecular flexibility index (Phi) is 13.8. The minimum Gasteiger partial charge on any atom is -0.491 e. The van der Waals surface area contributed by atoms with Crippen LogP contribution >= 0.6 is 0 Å². The smallest absolute Gasteiger partial charge is 0.280 e. The van der Waals surface area contributed by atoms with Crippen molar-refractivity contribution in [1.29, 1.82) is 0 Å². The molecule has 2 aromatic rings. The van der Waals surface area contributed by atoms with Gasteiger partial charge >= 0.3 is 0 Å². The summed E-state index contributed by atoms with van der Waals surface area (Å²) in [5, 5.41) is 0. The fourth-order valence-electron chi connectivity index (χ4n) is 5.79. The van der Waals surface area contributed by atoms with E-state index in [-0.39, 0.29) is 6.61 Å². The van der Waals surface area contributed by atoms with Crippen LogP contribution in [-0.2, 0) is 12.3 Å². The highest BCUT2D eigenvalue weighted by atomic mass is 19.3. The molecule has 1 aromatic heterocycles.